The Kier molecular flexibility index (Phi) is 3.45. The van der Waals surface area contributed by atoms with Crippen molar-refractivity contribution in [2.45, 2.75) is 26.2 Å². The topological polar surface area (TPSA) is 17.1 Å². The zero-order valence-electron chi connectivity index (χ0n) is 10.9. The maximum atomic E-state index is 11.9. The van der Waals surface area contributed by atoms with Crippen molar-refractivity contribution in [1.29, 1.82) is 0 Å². The molecule has 0 aliphatic heterocycles. The summed E-state index contributed by atoms with van der Waals surface area (Å²) >= 11 is 5.88. The van der Waals surface area contributed by atoms with Gasteiger partial charge in [0.2, 0.25) is 5.24 Å². The number of hydrogen-bond acceptors (Lipinski definition) is 1. The molecular weight excluding hydrogens is 244 g/mol. The van der Waals surface area contributed by atoms with Gasteiger partial charge in [-0.25, -0.2) is 0 Å². The van der Waals surface area contributed by atoms with E-state index in [9.17, 15) is 4.79 Å². The molecule has 1 atom stereocenters. The summed E-state index contributed by atoms with van der Waals surface area (Å²) in [4.78, 5) is 11.9. The van der Waals surface area contributed by atoms with Crippen LogP contribution in [-0.4, -0.2) is 5.24 Å². The largest absolute Gasteiger partial charge is 0.280 e. The molecule has 1 nitrogen and oxygen atoms in total. The second-order valence-electron chi connectivity index (χ2n) is 5.16. The molecule has 0 aromatic heterocycles. The zero-order valence-corrected chi connectivity index (χ0v) is 11.7. The van der Waals surface area contributed by atoms with Crippen LogP contribution in [0, 0.1) is 5.92 Å². The van der Waals surface area contributed by atoms with Gasteiger partial charge in [0.25, 0.3) is 0 Å². The fourth-order valence-corrected chi connectivity index (χ4v) is 2.64. The molecule has 94 valence electrons. The summed E-state index contributed by atoms with van der Waals surface area (Å²) in [6.45, 7) is 5.98. The molecule has 0 fully saturated rings. The Hall–Kier alpha value is -1.34. The van der Waals surface area contributed by atoms with Crippen LogP contribution in [-0.2, 0) is 10.2 Å². The van der Waals surface area contributed by atoms with Crippen molar-refractivity contribution in [1.82, 2.24) is 0 Å². The maximum Gasteiger partial charge on any atom is 0.232 e. The van der Waals surface area contributed by atoms with Crippen LogP contribution in [0.4, 0.5) is 0 Å². The SMILES string of the molecule is CC(C)C(C)(C(=O)Cl)c1cccc2ccccc12. The van der Waals surface area contributed by atoms with Gasteiger partial charge in [-0.2, -0.15) is 0 Å². The van der Waals surface area contributed by atoms with Gasteiger partial charge in [0.1, 0.15) is 0 Å². The fraction of sp³-hybridized carbons (Fsp3) is 0.312. The van der Waals surface area contributed by atoms with Crippen LogP contribution in [0.2, 0.25) is 0 Å². The first-order valence-electron chi connectivity index (χ1n) is 6.16. The Morgan fingerprint density at radius 1 is 1.11 bits per heavy atom. The van der Waals surface area contributed by atoms with Crippen molar-refractivity contribution >= 4 is 27.6 Å². The molecule has 2 heteroatoms. The van der Waals surface area contributed by atoms with Crippen LogP contribution in [0.15, 0.2) is 42.5 Å². The maximum absolute atomic E-state index is 11.9. The Labute approximate surface area is 113 Å². The molecule has 0 spiro atoms. The van der Waals surface area contributed by atoms with E-state index in [1.165, 1.54) is 0 Å². The van der Waals surface area contributed by atoms with Crippen molar-refractivity contribution in [3.63, 3.8) is 0 Å². The molecule has 0 radical (unpaired) electrons. The third-order valence-electron chi connectivity index (χ3n) is 3.91. The average Bonchev–Trinajstić information content (AvgIpc) is 2.36. The van der Waals surface area contributed by atoms with E-state index in [4.69, 9.17) is 11.6 Å². The van der Waals surface area contributed by atoms with Crippen LogP contribution in [0.3, 0.4) is 0 Å². The molecule has 0 aliphatic rings. The van der Waals surface area contributed by atoms with E-state index in [0.717, 1.165) is 16.3 Å². The normalized spacial score (nSPS) is 14.7. The zero-order chi connectivity index (χ0) is 13.3. The summed E-state index contributed by atoms with van der Waals surface area (Å²) < 4.78 is 0. The molecule has 2 aromatic rings. The smallest absolute Gasteiger partial charge is 0.232 e. The van der Waals surface area contributed by atoms with Gasteiger partial charge in [-0.15, -0.1) is 0 Å². The molecule has 0 bridgehead atoms. The van der Waals surface area contributed by atoms with Crippen molar-refractivity contribution in [2.24, 2.45) is 5.92 Å². The van der Waals surface area contributed by atoms with Crippen molar-refractivity contribution in [3.8, 4) is 0 Å². The van der Waals surface area contributed by atoms with Gasteiger partial charge >= 0.3 is 0 Å². The van der Waals surface area contributed by atoms with Crippen LogP contribution in [0.5, 0.6) is 0 Å². The lowest BCUT2D eigenvalue weighted by Crippen LogP contribution is -2.35. The number of rotatable bonds is 3. The highest BCUT2D eigenvalue weighted by Crippen LogP contribution is 2.38. The van der Waals surface area contributed by atoms with Gasteiger partial charge in [-0.3, -0.25) is 4.79 Å². The summed E-state index contributed by atoms with van der Waals surface area (Å²) in [5, 5.41) is 1.94. The fourth-order valence-electron chi connectivity index (χ4n) is 2.32. The Balaban J connectivity index is 2.77. The first-order valence-corrected chi connectivity index (χ1v) is 6.54. The second-order valence-corrected chi connectivity index (χ2v) is 5.50. The molecule has 0 heterocycles. The lowest BCUT2D eigenvalue weighted by atomic mass is 9.73. The van der Waals surface area contributed by atoms with E-state index >= 15 is 0 Å². The van der Waals surface area contributed by atoms with Crippen LogP contribution < -0.4 is 0 Å². The Bertz CT molecular complexity index is 583. The molecule has 1 unspecified atom stereocenters. The standard InChI is InChI=1S/C16H17ClO/c1-11(2)16(3,15(17)18)14-10-6-8-12-7-4-5-9-13(12)14/h4-11H,1-3H3. The number of benzene rings is 2. The molecular formula is C16H17ClO. The monoisotopic (exact) mass is 260 g/mol. The minimum Gasteiger partial charge on any atom is -0.280 e. The predicted molar refractivity (Wildman–Crippen MR) is 77.0 cm³/mol. The molecule has 0 saturated heterocycles. The van der Waals surface area contributed by atoms with E-state index in [2.05, 4.69) is 12.1 Å². The van der Waals surface area contributed by atoms with Gasteiger partial charge in [-0.05, 0) is 40.8 Å². The predicted octanol–water partition coefficient (Wildman–Crippen LogP) is 4.52. The second kappa shape index (κ2) is 4.74. The van der Waals surface area contributed by atoms with E-state index < -0.39 is 5.41 Å². The van der Waals surface area contributed by atoms with E-state index in [1.54, 1.807) is 0 Å². The van der Waals surface area contributed by atoms with Gasteiger partial charge in [0, 0.05) is 0 Å². The molecule has 0 saturated carbocycles. The quantitative estimate of drug-likeness (QED) is 0.742. The molecule has 0 aliphatic carbocycles. The average molecular weight is 261 g/mol. The highest BCUT2D eigenvalue weighted by molar-refractivity contribution is 6.65. The number of halogens is 1. The summed E-state index contributed by atoms with van der Waals surface area (Å²) in [5.41, 5.74) is 0.359. The van der Waals surface area contributed by atoms with Gasteiger partial charge in [0.05, 0.1) is 5.41 Å². The minimum absolute atomic E-state index is 0.147. The van der Waals surface area contributed by atoms with Crippen LogP contribution in [0.1, 0.15) is 26.3 Å². The summed E-state index contributed by atoms with van der Waals surface area (Å²) in [7, 11) is 0. The number of carbonyl (C=O) groups is 1. The molecule has 18 heavy (non-hydrogen) atoms. The van der Waals surface area contributed by atoms with Crippen molar-refractivity contribution < 1.29 is 4.79 Å². The lowest BCUT2D eigenvalue weighted by molar-refractivity contribution is -0.117. The number of fused-ring (bicyclic) bond motifs is 1. The summed E-state index contributed by atoms with van der Waals surface area (Å²) in [6, 6.07) is 14.1. The third kappa shape index (κ3) is 1.93. The first kappa shape index (κ1) is 13.1. The van der Waals surface area contributed by atoms with Crippen LogP contribution in [0.25, 0.3) is 10.8 Å². The molecule has 2 aromatic carbocycles. The van der Waals surface area contributed by atoms with Crippen molar-refractivity contribution in [2.75, 3.05) is 0 Å². The van der Waals surface area contributed by atoms with Gasteiger partial charge in [0.15, 0.2) is 0 Å². The third-order valence-corrected chi connectivity index (χ3v) is 4.30. The van der Waals surface area contributed by atoms with E-state index in [1.807, 2.05) is 51.1 Å². The lowest BCUT2D eigenvalue weighted by Gasteiger charge is -2.31. The Morgan fingerprint density at radius 3 is 2.33 bits per heavy atom. The van der Waals surface area contributed by atoms with E-state index in [-0.39, 0.29) is 11.2 Å². The molecule has 2 rings (SSSR count). The highest BCUT2D eigenvalue weighted by Gasteiger charge is 2.38. The molecule has 0 N–H and O–H groups in total. The van der Waals surface area contributed by atoms with Crippen LogP contribution >= 0.6 is 11.6 Å². The number of hydrogen-bond donors (Lipinski definition) is 0. The van der Waals surface area contributed by atoms with Crippen molar-refractivity contribution in [3.05, 3.63) is 48.0 Å². The van der Waals surface area contributed by atoms with Gasteiger partial charge < -0.3 is 0 Å². The van der Waals surface area contributed by atoms with Gasteiger partial charge in [-0.1, -0.05) is 56.3 Å². The van der Waals surface area contributed by atoms with E-state index in [0.29, 0.717) is 0 Å². The Morgan fingerprint density at radius 2 is 1.72 bits per heavy atom. The summed E-state index contributed by atoms with van der Waals surface area (Å²) in [6.07, 6.45) is 0. The number of carbonyl (C=O) groups excluding carboxylic acids is 1. The minimum atomic E-state index is -0.650. The summed E-state index contributed by atoms with van der Waals surface area (Å²) in [5.74, 6) is 0.147. The molecule has 0 amide bonds. The first-order chi connectivity index (χ1) is 8.48. The highest BCUT2D eigenvalue weighted by atomic mass is 35.5.